The van der Waals surface area contributed by atoms with Gasteiger partial charge in [0.2, 0.25) is 34.5 Å². The molecule has 6 unspecified atom stereocenters. The van der Waals surface area contributed by atoms with E-state index in [0.29, 0.717) is 47.2 Å². The third kappa shape index (κ3) is 20.2. The van der Waals surface area contributed by atoms with E-state index in [9.17, 15) is 106 Å². The number of benzene rings is 6. The van der Waals surface area contributed by atoms with Gasteiger partial charge >= 0.3 is 29.5 Å². The number of aliphatic hydroxyl groups excluding tert-OH is 9. The minimum atomic E-state index is -4.75. The van der Waals surface area contributed by atoms with E-state index in [0.717, 1.165) is 6.07 Å². The number of carbonyl (C=O) groups is 5. The summed E-state index contributed by atoms with van der Waals surface area (Å²) in [6.07, 6.45) is -22.8. The van der Waals surface area contributed by atoms with E-state index in [4.69, 9.17) is 43.7 Å². The predicted octanol–water partition coefficient (Wildman–Crippen LogP) is 3.83. The molecule has 9 rings (SSSR count). The highest BCUT2D eigenvalue weighted by atomic mass is 32.2. The molecule has 3 amide bonds. The molecule has 6 aromatic rings. The molecule has 15 atom stereocenters. The van der Waals surface area contributed by atoms with Crippen molar-refractivity contribution in [2.45, 2.75) is 136 Å². The van der Waals surface area contributed by atoms with Gasteiger partial charge in [0.05, 0.1) is 30.5 Å². The molecular weight excluding hydrogens is 1390 g/mol. The summed E-state index contributed by atoms with van der Waals surface area (Å²) in [5.74, 6) is -5.57. The molecule has 3 aliphatic heterocycles. The Bertz CT molecular complexity index is 4020. The number of carbonyl (C=O) groups excluding carboxylic acids is 2. The molecule has 0 aromatic heterocycles. The Balaban J connectivity index is 0.000000215. The zero-order valence-corrected chi connectivity index (χ0v) is 54.6. The fourth-order valence-electron chi connectivity index (χ4n) is 10.7. The number of amides is 3. The number of para-hydroxylation sites is 3. The number of ether oxygens (including phenoxy) is 6. The van der Waals surface area contributed by atoms with Gasteiger partial charge in [0, 0.05) is 54.7 Å². The summed E-state index contributed by atoms with van der Waals surface area (Å²) in [7, 11) is -4.75. The first-order valence-corrected chi connectivity index (χ1v) is 32.3. The molecule has 0 radical (unpaired) electrons. The third-order valence-electron chi connectivity index (χ3n) is 16.0. The molecule has 0 bridgehead atoms. The summed E-state index contributed by atoms with van der Waals surface area (Å²) in [4.78, 5) is 67.9. The van der Waals surface area contributed by atoms with E-state index in [1.54, 1.807) is 84.9 Å². The van der Waals surface area contributed by atoms with E-state index >= 15 is 0 Å². The second kappa shape index (κ2) is 34.4. The average Bonchev–Trinajstić information content (AvgIpc) is 0.798. The van der Waals surface area contributed by atoms with E-state index in [1.807, 2.05) is 16.0 Å². The van der Waals surface area contributed by atoms with Gasteiger partial charge in [-0.15, -0.1) is 0 Å². The van der Waals surface area contributed by atoms with Crippen molar-refractivity contribution in [3.05, 3.63) is 166 Å². The Morgan fingerprint density at radius 1 is 0.510 bits per heavy atom. The summed E-state index contributed by atoms with van der Waals surface area (Å²) in [5, 5.41) is 131. The van der Waals surface area contributed by atoms with Crippen LogP contribution in [0.5, 0.6) is 17.2 Å². The third-order valence-corrected chi connectivity index (χ3v) is 17.8. The SMILES string of the molecule is CC(=O)c1cc(-c2ccccc2O[C@@H]2OC(CO)[C@H](O)[C@H](O)C2NC(=O)O)cc([N+](=O)[O-])c1.CC(F)(F)C(=O)Cc1cccc(-c2ccccc2O[C@@H]2OC(CO)[C@H](O)[C@H](O)C2NC(=O)O)c1.CC(F)(F)S(=O)(=O)Cc1cccc(-c2ccccc2O[C@@H]2OC(CO)[C@H](O)[C@H](O)C2NC(=O)O)c1. The molecule has 6 aromatic carbocycles. The van der Waals surface area contributed by atoms with Crippen LogP contribution in [0, 0.1) is 10.1 Å². The topological polar surface area (TPSA) is 497 Å². The van der Waals surface area contributed by atoms with Crippen LogP contribution in [0.15, 0.2) is 140 Å². The molecule has 0 spiro atoms. The van der Waals surface area contributed by atoms with Crippen LogP contribution in [0.1, 0.15) is 42.3 Å². The van der Waals surface area contributed by atoms with Crippen LogP contribution in [0.2, 0.25) is 0 Å². The number of nitrogens with one attached hydrogen (secondary N) is 3. The number of hydrogen-bond acceptors (Lipinski definition) is 24. The largest absolute Gasteiger partial charge is 0.465 e. The fraction of sp³-hybridized carbons (Fsp3) is 0.379. The number of ketones is 2. The number of nitrogens with zero attached hydrogens (tertiary/aromatic N) is 1. The molecule has 3 fully saturated rings. The Labute approximate surface area is 576 Å². The number of rotatable bonds is 23. The summed E-state index contributed by atoms with van der Waals surface area (Å²) in [5.41, 5.74) is 2.65. The Morgan fingerprint density at radius 2 is 0.863 bits per heavy atom. The van der Waals surface area contributed by atoms with Gasteiger partial charge in [0.1, 0.15) is 90.3 Å². The van der Waals surface area contributed by atoms with E-state index in [1.165, 1.54) is 55.5 Å². The molecule has 552 valence electrons. The maximum absolute atomic E-state index is 13.5. The monoisotopic (exact) mass is 1460 g/mol. The van der Waals surface area contributed by atoms with Crippen molar-refractivity contribution in [1.82, 2.24) is 16.0 Å². The maximum atomic E-state index is 13.5. The van der Waals surface area contributed by atoms with Gasteiger partial charge in [-0.1, -0.05) is 97.1 Å². The van der Waals surface area contributed by atoms with E-state index in [2.05, 4.69) is 0 Å². The molecule has 3 aliphatic rings. The first-order valence-electron chi connectivity index (χ1n) is 30.6. The normalized spacial score (nSPS) is 24.9. The van der Waals surface area contributed by atoms with Crippen molar-refractivity contribution in [2.24, 2.45) is 0 Å². The first kappa shape index (κ1) is 79.8. The van der Waals surface area contributed by atoms with Crippen LogP contribution in [-0.4, -0.2) is 227 Å². The van der Waals surface area contributed by atoms with Crippen molar-refractivity contribution < 1.29 is 145 Å². The molecule has 3 saturated heterocycles. The summed E-state index contributed by atoms with van der Waals surface area (Å²) in [6.45, 7) is 0.109. The van der Waals surface area contributed by atoms with Crippen molar-refractivity contribution in [3.8, 4) is 50.6 Å². The van der Waals surface area contributed by atoms with Gasteiger partial charge in [0.25, 0.3) is 5.69 Å². The lowest BCUT2D eigenvalue weighted by molar-refractivity contribution is -0.384. The van der Waals surface area contributed by atoms with Crippen LogP contribution in [0.3, 0.4) is 0 Å². The highest BCUT2D eigenvalue weighted by Crippen LogP contribution is 2.39. The van der Waals surface area contributed by atoms with Crippen molar-refractivity contribution in [2.75, 3.05) is 19.8 Å². The lowest BCUT2D eigenvalue weighted by Crippen LogP contribution is -2.65. The second-order valence-electron chi connectivity index (χ2n) is 23.4. The molecule has 3 heterocycles. The summed E-state index contributed by atoms with van der Waals surface area (Å²) < 4.78 is 111. The predicted molar refractivity (Wildman–Crippen MR) is 345 cm³/mol. The highest BCUT2D eigenvalue weighted by Gasteiger charge is 2.50. The lowest BCUT2D eigenvalue weighted by Gasteiger charge is -2.41. The van der Waals surface area contributed by atoms with Gasteiger partial charge in [0.15, 0.2) is 5.78 Å². The first-order chi connectivity index (χ1) is 48.0. The molecule has 102 heavy (non-hydrogen) atoms. The standard InChI is InChI=1S/C23H25F2NO8.C22H25F2NO9S.C21H22N2O10/c1-23(24,25)17(28)10-12-5-4-6-13(9-12)14-7-2-3-8-15(14)33-21-18(26-22(31)32)20(30)19(29)16(11-27)34-21;1-22(23,24)35(31,32)11-12-5-4-6-13(9-12)14-7-2-3-8-15(14)33-20-17(25-21(29)30)19(28)18(27)16(10-26)34-20;1-10(25)11-6-12(8-13(7-11)23(30)31)14-4-2-3-5-15(14)32-20-17(22-21(28)29)19(27)18(26)16(9-24)33-20/h2-9,16,18-21,26-27,29-30H,10-11H2,1H3,(H,31,32);2-9,16-20,25-28H,10-11H2,1H3,(H,29,30);2-8,16-20,22,24,26-27H,9H2,1H3,(H,28,29)/t16?,18?,19-,20+,21+;2*16?,17?,18-,19+,20+/m000/s1. The number of halogens is 4. The van der Waals surface area contributed by atoms with Crippen LogP contribution in [0.25, 0.3) is 33.4 Å². The number of nitro benzene ring substituents is 1. The minimum Gasteiger partial charge on any atom is -0.465 e. The van der Waals surface area contributed by atoms with E-state index < -0.39 is 174 Å². The number of hydrogen-bond donors (Lipinski definition) is 15. The van der Waals surface area contributed by atoms with Crippen LogP contribution in [0.4, 0.5) is 37.6 Å². The van der Waals surface area contributed by atoms with Crippen LogP contribution >= 0.6 is 0 Å². The Kier molecular flexibility index (Phi) is 26.9. The van der Waals surface area contributed by atoms with Crippen molar-refractivity contribution in [1.29, 1.82) is 0 Å². The second-order valence-corrected chi connectivity index (χ2v) is 25.7. The van der Waals surface area contributed by atoms with Crippen LogP contribution < -0.4 is 30.2 Å². The van der Waals surface area contributed by atoms with E-state index in [-0.39, 0.29) is 45.4 Å². The zero-order chi connectivity index (χ0) is 75.3. The number of aliphatic hydroxyl groups is 9. The molecule has 0 aliphatic carbocycles. The fourth-order valence-corrected chi connectivity index (χ4v) is 11.5. The van der Waals surface area contributed by atoms with Gasteiger partial charge < -0.3 is 106 Å². The Morgan fingerprint density at radius 3 is 1.20 bits per heavy atom. The zero-order valence-electron chi connectivity index (χ0n) is 53.8. The Hall–Kier alpha value is -9.54. The lowest BCUT2D eigenvalue weighted by atomic mass is 9.96. The number of nitro groups is 1. The molecule has 15 N–H and O–H groups in total. The van der Waals surface area contributed by atoms with Gasteiger partial charge in [-0.2, -0.15) is 17.6 Å². The van der Waals surface area contributed by atoms with Gasteiger partial charge in [-0.3, -0.25) is 19.7 Å². The molecule has 36 heteroatoms. The van der Waals surface area contributed by atoms with Crippen LogP contribution in [-0.2, 0) is 41.0 Å². The number of carboxylic acid groups (broad SMARTS) is 3. The quantitative estimate of drug-likeness (QED) is 0.0188. The highest BCUT2D eigenvalue weighted by molar-refractivity contribution is 7.91. The number of non-ortho nitro benzene ring substituents is 1. The molecule has 31 nitrogen and oxygen atoms in total. The van der Waals surface area contributed by atoms with Crippen molar-refractivity contribution >= 4 is 45.4 Å². The van der Waals surface area contributed by atoms with Gasteiger partial charge in [-0.05, 0) is 65.1 Å². The summed E-state index contributed by atoms with van der Waals surface area (Å²) in [6, 6.07) is 30.9. The van der Waals surface area contributed by atoms with Crippen molar-refractivity contribution in [3.63, 3.8) is 0 Å². The maximum Gasteiger partial charge on any atom is 0.405 e. The number of alkyl halides is 4. The smallest absolute Gasteiger partial charge is 0.405 e. The minimum absolute atomic E-state index is 0.0926. The van der Waals surface area contributed by atoms with Gasteiger partial charge in [-0.25, -0.2) is 22.8 Å². The number of Topliss-reactive ketones (excluding diaryl/α,β-unsaturated/α-hetero) is 2. The summed E-state index contributed by atoms with van der Waals surface area (Å²) >= 11 is 0. The number of sulfone groups is 1. The molecule has 0 saturated carbocycles. The average molecular weight is 1460 g/mol. The molecular formula is C66H72F4N4O27S.